The van der Waals surface area contributed by atoms with Crippen LogP contribution in [0.4, 0.5) is 0 Å². The van der Waals surface area contributed by atoms with Gasteiger partial charge in [0.1, 0.15) is 18.5 Å². The van der Waals surface area contributed by atoms with Crippen LogP contribution in [0.5, 0.6) is 0 Å². The molecular weight excluding hydrogens is 408 g/mol. The number of fused-ring (bicyclic) bond motifs is 5. The molecule has 2 aliphatic heterocycles. The van der Waals surface area contributed by atoms with Crippen LogP contribution in [-0.4, -0.2) is 50.9 Å². The van der Waals surface area contributed by atoms with Crippen LogP contribution in [0.15, 0.2) is 60.7 Å². The summed E-state index contributed by atoms with van der Waals surface area (Å²) < 4.78 is 25.2. The average molecular weight is 441 g/mol. The van der Waals surface area contributed by atoms with E-state index in [2.05, 4.69) is 76.2 Å². The summed E-state index contributed by atoms with van der Waals surface area (Å²) in [5.41, 5.74) is -0.710. The van der Waals surface area contributed by atoms with Gasteiger partial charge in [0.2, 0.25) is 0 Å². The Morgan fingerprint density at radius 1 is 1.00 bits per heavy atom. The van der Waals surface area contributed by atoms with Crippen LogP contribution in [0.25, 0.3) is 0 Å². The Balaban J connectivity index is 1.59. The largest absolute Gasteiger partial charge is 0.404 e. The van der Waals surface area contributed by atoms with Crippen LogP contribution in [-0.2, 0) is 18.6 Å². The fourth-order valence-corrected chi connectivity index (χ4v) is 10.7. The average Bonchev–Trinajstić information content (AvgIpc) is 3.38. The lowest BCUT2D eigenvalue weighted by atomic mass is 9.90. The van der Waals surface area contributed by atoms with Crippen molar-refractivity contribution in [1.29, 1.82) is 0 Å². The van der Waals surface area contributed by atoms with E-state index in [0.717, 1.165) is 0 Å². The van der Waals surface area contributed by atoms with E-state index in [0.29, 0.717) is 6.61 Å². The molecule has 0 aromatic heterocycles. The molecule has 6 atom stereocenters. The Labute approximate surface area is 185 Å². The molecule has 1 aliphatic carbocycles. The summed E-state index contributed by atoms with van der Waals surface area (Å²) >= 11 is 0. The second-order valence-electron chi connectivity index (χ2n) is 10.1. The molecule has 0 spiro atoms. The number of aliphatic hydroxyl groups is 1. The van der Waals surface area contributed by atoms with Crippen LogP contribution < -0.4 is 10.4 Å². The minimum Gasteiger partial charge on any atom is -0.404 e. The Hall–Kier alpha value is -1.54. The van der Waals surface area contributed by atoms with Crippen molar-refractivity contribution in [2.75, 3.05) is 13.4 Å². The molecule has 1 N–H and O–H groups in total. The van der Waals surface area contributed by atoms with Crippen LogP contribution in [0.1, 0.15) is 27.7 Å². The van der Waals surface area contributed by atoms with Crippen LogP contribution in [0, 0.1) is 11.8 Å². The minimum atomic E-state index is -2.72. The minimum absolute atomic E-state index is 0.0796. The van der Waals surface area contributed by atoms with Gasteiger partial charge in [-0.15, -0.1) is 0 Å². The third kappa shape index (κ3) is 3.00. The highest BCUT2D eigenvalue weighted by atomic mass is 28.4. The van der Waals surface area contributed by atoms with Gasteiger partial charge in [-0.25, -0.2) is 0 Å². The summed E-state index contributed by atoms with van der Waals surface area (Å²) in [6.07, 6.45) is -1.20. The quantitative estimate of drug-likeness (QED) is 0.725. The van der Waals surface area contributed by atoms with Gasteiger partial charge in [-0.2, -0.15) is 0 Å². The SMILES string of the molecule is CC1C2C(O)OC1(CO[Si](c1ccccc1)(c1ccccc1)C(C)(C)C)C1OCOC21. The molecule has 1 saturated carbocycles. The first-order valence-electron chi connectivity index (χ1n) is 11.2. The predicted molar refractivity (Wildman–Crippen MR) is 121 cm³/mol. The van der Waals surface area contributed by atoms with Crippen molar-refractivity contribution in [1.82, 2.24) is 0 Å². The fraction of sp³-hybridized carbons (Fsp3) is 0.520. The van der Waals surface area contributed by atoms with Crippen molar-refractivity contribution in [3.05, 3.63) is 60.7 Å². The zero-order valence-electron chi connectivity index (χ0n) is 18.7. The first-order valence-corrected chi connectivity index (χ1v) is 13.1. The number of benzene rings is 2. The van der Waals surface area contributed by atoms with E-state index in [-0.39, 0.29) is 35.9 Å². The molecular formula is C25H32O5Si. The molecule has 2 aromatic rings. The third-order valence-corrected chi connectivity index (χ3v) is 12.6. The topological polar surface area (TPSA) is 57.2 Å². The van der Waals surface area contributed by atoms with Crippen molar-refractivity contribution in [2.24, 2.45) is 11.8 Å². The van der Waals surface area contributed by atoms with Crippen molar-refractivity contribution < 1.29 is 23.7 Å². The van der Waals surface area contributed by atoms with Gasteiger partial charge in [-0.1, -0.05) is 88.4 Å². The molecule has 6 heteroatoms. The maximum Gasteiger partial charge on any atom is 0.261 e. The second-order valence-corrected chi connectivity index (χ2v) is 14.4. The Morgan fingerprint density at radius 2 is 1.58 bits per heavy atom. The number of hydrogen-bond donors (Lipinski definition) is 1. The molecule has 166 valence electrons. The summed E-state index contributed by atoms with van der Waals surface area (Å²) in [5.74, 6) is -0.00808. The zero-order valence-corrected chi connectivity index (χ0v) is 19.7. The molecule has 6 unspecified atom stereocenters. The van der Waals surface area contributed by atoms with Crippen LogP contribution in [0.3, 0.4) is 0 Å². The predicted octanol–water partition coefficient (Wildman–Crippen LogP) is 2.66. The molecule has 2 aromatic carbocycles. The lowest BCUT2D eigenvalue weighted by Gasteiger charge is -2.46. The molecule has 2 saturated heterocycles. The number of hydrogen-bond acceptors (Lipinski definition) is 5. The van der Waals surface area contributed by atoms with E-state index in [4.69, 9.17) is 18.6 Å². The van der Waals surface area contributed by atoms with Gasteiger partial charge >= 0.3 is 0 Å². The van der Waals surface area contributed by atoms with E-state index in [9.17, 15) is 5.11 Å². The van der Waals surface area contributed by atoms with Crippen molar-refractivity contribution in [3.63, 3.8) is 0 Å². The van der Waals surface area contributed by atoms with E-state index in [1.54, 1.807) is 0 Å². The standard InChI is InChI=1S/C25H32O5Si/c1-17-20-21-22(28-16-27-21)25(17,30-23(20)26)15-29-31(24(2,3)4,18-11-7-5-8-12-18)19-13-9-6-10-14-19/h5-14,17,20-23,26H,15-16H2,1-4H3. The number of ether oxygens (including phenoxy) is 3. The van der Waals surface area contributed by atoms with E-state index in [1.165, 1.54) is 10.4 Å². The van der Waals surface area contributed by atoms with Gasteiger partial charge in [0.05, 0.1) is 12.7 Å². The molecule has 5 nitrogen and oxygen atoms in total. The van der Waals surface area contributed by atoms with Crippen LogP contribution >= 0.6 is 0 Å². The highest BCUT2D eigenvalue weighted by Crippen LogP contribution is 2.56. The van der Waals surface area contributed by atoms with Gasteiger partial charge in [0, 0.05) is 11.8 Å². The third-order valence-electron chi connectivity index (χ3n) is 7.62. The first-order chi connectivity index (χ1) is 14.8. The second kappa shape index (κ2) is 7.51. The monoisotopic (exact) mass is 440 g/mol. The van der Waals surface area contributed by atoms with E-state index >= 15 is 0 Å². The van der Waals surface area contributed by atoms with Gasteiger partial charge in [-0.05, 0) is 15.4 Å². The zero-order chi connectivity index (χ0) is 21.9. The summed E-state index contributed by atoms with van der Waals surface area (Å²) in [4.78, 5) is 0. The lowest BCUT2D eigenvalue weighted by Crippen LogP contribution is -2.68. The van der Waals surface area contributed by atoms with Crippen molar-refractivity contribution in [3.8, 4) is 0 Å². The van der Waals surface area contributed by atoms with Gasteiger partial charge < -0.3 is 23.7 Å². The highest BCUT2D eigenvalue weighted by molar-refractivity contribution is 6.99. The fourth-order valence-electron chi connectivity index (χ4n) is 6.09. The summed E-state index contributed by atoms with van der Waals surface area (Å²) in [6, 6.07) is 21.2. The van der Waals surface area contributed by atoms with E-state index < -0.39 is 20.2 Å². The summed E-state index contributed by atoms with van der Waals surface area (Å²) in [5, 5.41) is 13.0. The molecule has 0 radical (unpaired) electrons. The first kappa shape index (κ1) is 21.3. The number of aliphatic hydroxyl groups excluding tert-OH is 1. The maximum atomic E-state index is 10.6. The normalized spacial score (nSPS) is 34.8. The number of rotatable bonds is 5. The molecule has 3 fully saturated rings. The van der Waals surface area contributed by atoms with Gasteiger partial charge in [-0.3, -0.25) is 0 Å². The molecule has 31 heavy (non-hydrogen) atoms. The Kier molecular flexibility index (Phi) is 5.16. The van der Waals surface area contributed by atoms with Crippen molar-refractivity contribution in [2.45, 2.75) is 56.8 Å². The maximum absolute atomic E-state index is 10.6. The molecule has 2 bridgehead atoms. The smallest absolute Gasteiger partial charge is 0.261 e. The van der Waals surface area contributed by atoms with Gasteiger partial charge in [0.15, 0.2) is 6.29 Å². The van der Waals surface area contributed by atoms with E-state index in [1.807, 2.05) is 12.1 Å². The van der Waals surface area contributed by atoms with Gasteiger partial charge in [0.25, 0.3) is 8.32 Å². The summed E-state index contributed by atoms with van der Waals surface area (Å²) in [6.45, 7) is 9.52. The lowest BCUT2D eigenvalue weighted by molar-refractivity contribution is -0.226. The molecule has 5 rings (SSSR count). The van der Waals surface area contributed by atoms with Crippen LogP contribution in [0.2, 0.25) is 5.04 Å². The Bertz CT molecular complexity index is 875. The van der Waals surface area contributed by atoms with Crippen molar-refractivity contribution >= 4 is 18.7 Å². The highest BCUT2D eigenvalue weighted by Gasteiger charge is 2.71. The molecule has 0 amide bonds. The molecule has 3 aliphatic rings. The summed E-state index contributed by atoms with van der Waals surface area (Å²) in [7, 11) is -2.72. The molecule has 2 heterocycles. The Morgan fingerprint density at radius 3 is 2.13 bits per heavy atom.